The third-order valence-corrected chi connectivity index (χ3v) is 5.75. The van der Waals surface area contributed by atoms with Crippen molar-refractivity contribution < 1.29 is 28.5 Å². The van der Waals surface area contributed by atoms with Crippen LogP contribution >= 0.6 is 0 Å². The molecule has 4 aromatic rings. The SMILES string of the molecule is COc1cc(OC)cc(C(=O)Oc2ccc3c(c2)O/C(=C\c2ccc(-c4ccccc4)cc2)C3=O)c1. The van der Waals surface area contributed by atoms with Crippen LogP contribution in [0.4, 0.5) is 0 Å². The topological polar surface area (TPSA) is 71.1 Å². The number of carbonyl (C=O) groups excluding carboxylic acids is 2. The van der Waals surface area contributed by atoms with Gasteiger partial charge < -0.3 is 18.9 Å². The van der Waals surface area contributed by atoms with Gasteiger partial charge in [-0.05, 0) is 47.0 Å². The predicted molar refractivity (Wildman–Crippen MR) is 136 cm³/mol. The van der Waals surface area contributed by atoms with E-state index < -0.39 is 5.97 Å². The summed E-state index contributed by atoms with van der Waals surface area (Å²) in [5.74, 6) is 0.908. The fourth-order valence-electron chi connectivity index (χ4n) is 3.88. The number of ether oxygens (including phenoxy) is 4. The molecule has 4 aromatic carbocycles. The van der Waals surface area contributed by atoms with Crippen LogP contribution in [0.25, 0.3) is 17.2 Å². The molecule has 6 heteroatoms. The van der Waals surface area contributed by atoms with Crippen LogP contribution in [-0.4, -0.2) is 26.0 Å². The first-order valence-corrected chi connectivity index (χ1v) is 11.2. The molecule has 0 unspecified atom stereocenters. The van der Waals surface area contributed by atoms with E-state index in [0.717, 1.165) is 16.7 Å². The molecule has 0 saturated carbocycles. The normalized spacial score (nSPS) is 13.2. The number of benzene rings is 4. The molecule has 1 aliphatic heterocycles. The third kappa shape index (κ3) is 4.70. The first-order chi connectivity index (χ1) is 17.5. The van der Waals surface area contributed by atoms with Crippen molar-refractivity contribution in [2.75, 3.05) is 14.2 Å². The summed E-state index contributed by atoms with van der Waals surface area (Å²) in [5, 5.41) is 0. The second kappa shape index (κ2) is 9.80. The number of Topliss-reactive ketones (excluding diaryl/α,β-unsaturated/α-hetero) is 1. The van der Waals surface area contributed by atoms with Crippen molar-refractivity contribution in [2.45, 2.75) is 0 Å². The van der Waals surface area contributed by atoms with E-state index in [0.29, 0.717) is 22.8 Å². The maximum atomic E-state index is 12.9. The zero-order valence-electron chi connectivity index (χ0n) is 19.7. The summed E-state index contributed by atoms with van der Waals surface area (Å²) in [5.41, 5.74) is 3.71. The van der Waals surface area contributed by atoms with Crippen LogP contribution in [-0.2, 0) is 0 Å². The molecule has 0 aliphatic carbocycles. The summed E-state index contributed by atoms with van der Waals surface area (Å²) < 4.78 is 21.7. The average molecular weight is 479 g/mol. The second-order valence-corrected chi connectivity index (χ2v) is 8.08. The molecular weight excluding hydrogens is 456 g/mol. The largest absolute Gasteiger partial charge is 0.497 e. The van der Waals surface area contributed by atoms with E-state index in [1.165, 1.54) is 20.3 Å². The molecule has 0 spiro atoms. The Balaban J connectivity index is 1.33. The van der Waals surface area contributed by atoms with Crippen LogP contribution in [0, 0.1) is 0 Å². The summed E-state index contributed by atoms with van der Waals surface area (Å²) in [6.45, 7) is 0. The van der Waals surface area contributed by atoms with Crippen LogP contribution in [0.15, 0.2) is 96.8 Å². The van der Waals surface area contributed by atoms with Gasteiger partial charge >= 0.3 is 5.97 Å². The minimum absolute atomic E-state index is 0.207. The van der Waals surface area contributed by atoms with Gasteiger partial charge in [-0.2, -0.15) is 0 Å². The number of carbonyl (C=O) groups is 2. The van der Waals surface area contributed by atoms with Gasteiger partial charge in [0, 0.05) is 12.1 Å². The molecule has 178 valence electrons. The molecule has 0 saturated heterocycles. The average Bonchev–Trinajstić information content (AvgIpc) is 3.23. The fraction of sp³-hybridized carbons (Fsp3) is 0.0667. The lowest BCUT2D eigenvalue weighted by Crippen LogP contribution is -2.09. The van der Waals surface area contributed by atoms with Crippen molar-refractivity contribution in [3.63, 3.8) is 0 Å². The van der Waals surface area contributed by atoms with Gasteiger partial charge in [0.15, 0.2) is 5.76 Å². The van der Waals surface area contributed by atoms with Gasteiger partial charge in [0.05, 0.1) is 25.3 Å². The van der Waals surface area contributed by atoms with Gasteiger partial charge in [0.25, 0.3) is 0 Å². The van der Waals surface area contributed by atoms with Gasteiger partial charge in [0.2, 0.25) is 5.78 Å². The van der Waals surface area contributed by atoms with E-state index in [-0.39, 0.29) is 22.9 Å². The van der Waals surface area contributed by atoms with Gasteiger partial charge in [-0.1, -0.05) is 54.6 Å². The Labute approximate surface area is 208 Å². The van der Waals surface area contributed by atoms with Crippen LogP contribution in [0.1, 0.15) is 26.3 Å². The molecule has 0 amide bonds. The Morgan fingerprint density at radius 2 is 1.42 bits per heavy atom. The summed E-state index contributed by atoms with van der Waals surface area (Å²) in [6, 6.07) is 27.4. The summed E-state index contributed by atoms with van der Waals surface area (Å²) in [7, 11) is 3.00. The Morgan fingerprint density at radius 1 is 0.750 bits per heavy atom. The summed E-state index contributed by atoms with van der Waals surface area (Å²) in [6.07, 6.45) is 1.70. The lowest BCUT2D eigenvalue weighted by atomic mass is 10.0. The highest BCUT2D eigenvalue weighted by Gasteiger charge is 2.28. The van der Waals surface area contributed by atoms with Crippen molar-refractivity contribution >= 4 is 17.8 Å². The number of esters is 1. The molecule has 1 aliphatic rings. The van der Waals surface area contributed by atoms with Gasteiger partial charge in [-0.3, -0.25) is 4.79 Å². The highest BCUT2D eigenvalue weighted by Crippen LogP contribution is 2.35. The minimum atomic E-state index is -0.592. The van der Waals surface area contributed by atoms with Gasteiger partial charge in [-0.15, -0.1) is 0 Å². The zero-order chi connectivity index (χ0) is 25.1. The van der Waals surface area contributed by atoms with Crippen molar-refractivity contribution in [1.82, 2.24) is 0 Å². The Morgan fingerprint density at radius 3 is 2.08 bits per heavy atom. The highest BCUT2D eigenvalue weighted by molar-refractivity contribution is 6.14. The fourth-order valence-corrected chi connectivity index (χ4v) is 3.88. The maximum absolute atomic E-state index is 12.9. The molecule has 1 heterocycles. The van der Waals surface area contributed by atoms with Crippen molar-refractivity contribution in [3.8, 4) is 34.1 Å². The van der Waals surface area contributed by atoms with Crippen LogP contribution in [0.3, 0.4) is 0 Å². The number of fused-ring (bicyclic) bond motifs is 1. The second-order valence-electron chi connectivity index (χ2n) is 8.08. The third-order valence-electron chi connectivity index (χ3n) is 5.75. The van der Waals surface area contributed by atoms with Gasteiger partial charge in [-0.25, -0.2) is 4.79 Å². The van der Waals surface area contributed by atoms with Crippen LogP contribution in [0.5, 0.6) is 23.0 Å². The van der Waals surface area contributed by atoms with Crippen LogP contribution < -0.4 is 18.9 Å². The smallest absolute Gasteiger partial charge is 0.343 e. The molecule has 36 heavy (non-hydrogen) atoms. The van der Waals surface area contributed by atoms with Crippen molar-refractivity contribution in [2.24, 2.45) is 0 Å². The molecule has 0 aromatic heterocycles. The summed E-state index contributed by atoms with van der Waals surface area (Å²) >= 11 is 0. The molecule has 0 fully saturated rings. The molecule has 0 bridgehead atoms. The van der Waals surface area contributed by atoms with E-state index in [9.17, 15) is 9.59 Å². The zero-order valence-corrected chi connectivity index (χ0v) is 19.7. The molecule has 5 rings (SSSR count). The Hall–Kier alpha value is -4.84. The van der Waals surface area contributed by atoms with E-state index in [4.69, 9.17) is 18.9 Å². The van der Waals surface area contributed by atoms with E-state index >= 15 is 0 Å². The lowest BCUT2D eigenvalue weighted by Gasteiger charge is -2.09. The number of rotatable bonds is 6. The molecular formula is C30H22O6. The van der Waals surface area contributed by atoms with Crippen molar-refractivity contribution in [1.29, 1.82) is 0 Å². The predicted octanol–water partition coefficient (Wildman–Crippen LogP) is 6.21. The molecule has 0 atom stereocenters. The number of hydrogen-bond acceptors (Lipinski definition) is 6. The standard InChI is InChI=1S/C30H22O6/c1-33-24-15-22(16-25(17-24)34-2)30(32)35-23-12-13-26-27(18-23)36-28(29(26)31)14-19-8-10-21(11-9-19)20-6-4-3-5-7-20/h3-18H,1-2H3/b28-14-. The monoisotopic (exact) mass is 478 g/mol. The number of methoxy groups -OCH3 is 2. The van der Waals surface area contributed by atoms with Crippen LogP contribution in [0.2, 0.25) is 0 Å². The minimum Gasteiger partial charge on any atom is -0.497 e. The molecule has 6 nitrogen and oxygen atoms in total. The van der Waals surface area contributed by atoms with Gasteiger partial charge in [0.1, 0.15) is 23.0 Å². The number of hydrogen-bond donors (Lipinski definition) is 0. The maximum Gasteiger partial charge on any atom is 0.343 e. The number of ketones is 1. The van der Waals surface area contributed by atoms with Crippen molar-refractivity contribution in [3.05, 3.63) is 113 Å². The quantitative estimate of drug-likeness (QED) is 0.187. The number of allylic oxidation sites excluding steroid dienone is 1. The molecule has 0 radical (unpaired) electrons. The first-order valence-electron chi connectivity index (χ1n) is 11.2. The lowest BCUT2D eigenvalue weighted by molar-refractivity contribution is 0.0733. The first kappa shape index (κ1) is 22.9. The van der Waals surface area contributed by atoms with E-state index in [1.54, 1.807) is 36.4 Å². The Kier molecular flexibility index (Phi) is 6.24. The summed E-state index contributed by atoms with van der Waals surface area (Å²) in [4.78, 5) is 25.6. The van der Waals surface area contributed by atoms with E-state index in [1.807, 2.05) is 54.6 Å². The molecule has 0 N–H and O–H groups in total. The Bertz CT molecular complexity index is 1450. The van der Waals surface area contributed by atoms with E-state index in [2.05, 4.69) is 0 Å². The highest BCUT2D eigenvalue weighted by atomic mass is 16.5.